The molecule has 0 aromatic carbocycles. The van der Waals surface area contributed by atoms with Crippen LogP contribution in [-0.2, 0) is 9.59 Å². The molecule has 2 fully saturated rings. The van der Waals surface area contributed by atoms with E-state index in [0.717, 1.165) is 0 Å². The topological polar surface area (TPSA) is 37.4 Å². The number of nitrogens with zero attached hydrogens (tertiary/aromatic N) is 1. The highest BCUT2D eigenvalue weighted by molar-refractivity contribution is 6.00. The summed E-state index contributed by atoms with van der Waals surface area (Å²) in [4.78, 5) is 24.8. The molecule has 2 rings (SSSR count). The average molecular weight is 209 g/mol. The average Bonchev–Trinajstić information content (AvgIpc) is 2.46. The molecule has 0 radical (unpaired) electrons. The molecule has 1 saturated carbocycles. The van der Waals surface area contributed by atoms with Crippen LogP contribution in [0.5, 0.6) is 0 Å². The van der Waals surface area contributed by atoms with Gasteiger partial charge in [0.25, 0.3) is 0 Å². The third-order valence-electron chi connectivity index (χ3n) is 4.56. The smallest absolute Gasteiger partial charge is 0.230 e. The van der Waals surface area contributed by atoms with Crippen molar-refractivity contribution in [2.75, 3.05) is 6.54 Å². The third-order valence-corrected chi connectivity index (χ3v) is 4.56. The first-order valence-corrected chi connectivity index (χ1v) is 5.59. The van der Waals surface area contributed by atoms with Crippen LogP contribution in [0.2, 0.25) is 0 Å². The lowest BCUT2D eigenvalue weighted by Crippen LogP contribution is -2.42. The molecule has 1 amide bonds. The van der Waals surface area contributed by atoms with Gasteiger partial charge >= 0.3 is 0 Å². The maximum atomic E-state index is 11.8. The number of ketones is 1. The maximum absolute atomic E-state index is 11.8. The molecule has 3 nitrogen and oxygen atoms in total. The summed E-state index contributed by atoms with van der Waals surface area (Å²) in [5.74, 6) is 0.113. The standard InChI is InChI=1S/C12H19NO2/c1-11(2)10(12(11,3)4)13-6-5-8(14)7-9(13)15/h10H,5-7H2,1-4H3. The Labute approximate surface area is 90.8 Å². The van der Waals surface area contributed by atoms with Crippen molar-refractivity contribution in [2.24, 2.45) is 10.8 Å². The van der Waals surface area contributed by atoms with Crippen molar-refractivity contribution in [2.45, 2.75) is 46.6 Å². The zero-order valence-electron chi connectivity index (χ0n) is 9.96. The zero-order valence-corrected chi connectivity index (χ0v) is 9.96. The van der Waals surface area contributed by atoms with E-state index in [0.29, 0.717) is 19.0 Å². The van der Waals surface area contributed by atoms with Crippen molar-refractivity contribution in [1.29, 1.82) is 0 Å². The number of hydrogen-bond donors (Lipinski definition) is 0. The monoisotopic (exact) mass is 209 g/mol. The minimum atomic E-state index is 0.0231. The van der Waals surface area contributed by atoms with Crippen LogP contribution in [-0.4, -0.2) is 29.2 Å². The van der Waals surface area contributed by atoms with Crippen molar-refractivity contribution >= 4 is 11.7 Å². The van der Waals surface area contributed by atoms with Crippen molar-refractivity contribution in [3.8, 4) is 0 Å². The molecule has 15 heavy (non-hydrogen) atoms. The number of piperidine rings is 1. The lowest BCUT2D eigenvalue weighted by molar-refractivity contribution is -0.140. The number of carbonyl (C=O) groups is 2. The molecule has 0 aromatic heterocycles. The van der Waals surface area contributed by atoms with Crippen molar-refractivity contribution in [3.05, 3.63) is 0 Å². The fourth-order valence-electron chi connectivity index (χ4n) is 2.94. The Bertz CT molecular complexity index is 317. The molecule has 0 bridgehead atoms. The Morgan fingerprint density at radius 2 is 1.67 bits per heavy atom. The highest BCUT2D eigenvalue weighted by Crippen LogP contribution is 2.65. The Hall–Kier alpha value is -0.860. The molecule has 0 spiro atoms. The summed E-state index contributed by atoms with van der Waals surface area (Å²) in [6, 6.07) is 0.311. The van der Waals surface area contributed by atoms with Gasteiger partial charge in [-0.05, 0) is 10.8 Å². The molecule has 1 aliphatic carbocycles. The highest BCUT2D eigenvalue weighted by atomic mass is 16.2. The first-order chi connectivity index (χ1) is 6.78. The summed E-state index contributed by atoms with van der Waals surface area (Å²) < 4.78 is 0. The Balaban J connectivity index is 2.14. The van der Waals surface area contributed by atoms with Gasteiger partial charge in [0, 0.05) is 19.0 Å². The summed E-state index contributed by atoms with van der Waals surface area (Å²) in [7, 11) is 0. The van der Waals surface area contributed by atoms with Crippen LogP contribution in [0.3, 0.4) is 0 Å². The first kappa shape index (κ1) is 10.7. The van der Waals surface area contributed by atoms with Crippen LogP contribution in [0.25, 0.3) is 0 Å². The van der Waals surface area contributed by atoms with E-state index in [1.54, 1.807) is 0 Å². The predicted octanol–water partition coefficient (Wildman–Crippen LogP) is 1.61. The number of Topliss-reactive ketones (excluding diaryl/α,β-unsaturated/α-hetero) is 1. The summed E-state index contributed by atoms with van der Waals surface area (Å²) in [6.07, 6.45) is 0.650. The van der Waals surface area contributed by atoms with Gasteiger partial charge in [0.15, 0.2) is 0 Å². The van der Waals surface area contributed by atoms with E-state index >= 15 is 0 Å². The summed E-state index contributed by atoms with van der Waals surface area (Å²) in [6.45, 7) is 9.40. The minimum absolute atomic E-state index is 0.0231. The van der Waals surface area contributed by atoms with Gasteiger partial charge in [0.2, 0.25) is 5.91 Å². The Kier molecular flexibility index (Phi) is 2.01. The number of rotatable bonds is 1. The molecule has 1 aliphatic heterocycles. The largest absolute Gasteiger partial charge is 0.338 e. The third kappa shape index (κ3) is 1.32. The Morgan fingerprint density at radius 1 is 1.13 bits per heavy atom. The van der Waals surface area contributed by atoms with Gasteiger partial charge in [-0.1, -0.05) is 27.7 Å². The van der Waals surface area contributed by atoms with Gasteiger partial charge in [0.05, 0.1) is 6.42 Å². The zero-order chi connectivity index (χ0) is 11.4. The van der Waals surface area contributed by atoms with Crippen LogP contribution in [0, 0.1) is 10.8 Å². The number of carbonyl (C=O) groups excluding carboxylic acids is 2. The molecule has 1 heterocycles. The van der Waals surface area contributed by atoms with Gasteiger partial charge in [-0.15, -0.1) is 0 Å². The number of likely N-dealkylation sites (tertiary alicyclic amines) is 1. The van der Waals surface area contributed by atoms with Gasteiger partial charge in [-0.25, -0.2) is 0 Å². The summed E-state index contributed by atoms with van der Waals surface area (Å²) in [5, 5.41) is 0. The molecule has 1 saturated heterocycles. The molecular formula is C12H19NO2. The van der Waals surface area contributed by atoms with Crippen LogP contribution in [0.4, 0.5) is 0 Å². The van der Waals surface area contributed by atoms with Gasteiger partial charge in [-0.2, -0.15) is 0 Å². The second kappa shape index (κ2) is 2.83. The predicted molar refractivity (Wildman–Crippen MR) is 57.3 cm³/mol. The number of hydrogen-bond acceptors (Lipinski definition) is 2. The van der Waals surface area contributed by atoms with Crippen LogP contribution in [0.15, 0.2) is 0 Å². The lowest BCUT2D eigenvalue weighted by atomic mass is 10.0. The summed E-state index contributed by atoms with van der Waals surface area (Å²) in [5.41, 5.74) is 0.367. The normalized spacial score (nSPS) is 29.5. The van der Waals surface area contributed by atoms with Crippen molar-refractivity contribution in [1.82, 2.24) is 4.90 Å². The fourth-order valence-corrected chi connectivity index (χ4v) is 2.94. The molecule has 0 aromatic rings. The molecule has 84 valence electrons. The molecular weight excluding hydrogens is 190 g/mol. The van der Waals surface area contributed by atoms with E-state index in [9.17, 15) is 9.59 Å². The van der Waals surface area contributed by atoms with Gasteiger partial charge in [-0.3, -0.25) is 9.59 Å². The van der Waals surface area contributed by atoms with E-state index in [4.69, 9.17) is 0 Å². The van der Waals surface area contributed by atoms with Gasteiger partial charge < -0.3 is 4.90 Å². The van der Waals surface area contributed by atoms with E-state index < -0.39 is 0 Å². The molecule has 0 N–H and O–H groups in total. The second-order valence-electron chi connectivity index (χ2n) is 5.90. The summed E-state index contributed by atoms with van der Waals surface area (Å²) >= 11 is 0. The highest BCUT2D eigenvalue weighted by Gasteiger charge is 2.68. The molecule has 3 heteroatoms. The molecule has 2 aliphatic rings. The maximum Gasteiger partial charge on any atom is 0.230 e. The SMILES string of the molecule is CC1(C)C(N2CCC(=O)CC2=O)C1(C)C. The van der Waals surface area contributed by atoms with E-state index in [-0.39, 0.29) is 28.9 Å². The quantitative estimate of drug-likeness (QED) is 0.615. The van der Waals surface area contributed by atoms with Crippen molar-refractivity contribution < 1.29 is 9.59 Å². The van der Waals surface area contributed by atoms with Crippen molar-refractivity contribution in [3.63, 3.8) is 0 Å². The van der Waals surface area contributed by atoms with Gasteiger partial charge in [0.1, 0.15) is 5.78 Å². The van der Waals surface area contributed by atoms with E-state index in [2.05, 4.69) is 27.7 Å². The fraction of sp³-hybridized carbons (Fsp3) is 0.833. The first-order valence-electron chi connectivity index (χ1n) is 5.59. The molecule has 0 unspecified atom stereocenters. The second-order valence-corrected chi connectivity index (χ2v) is 5.90. The Morgan fingerprint density at radius 3 is 2.07 bits per heavy atom. The lowest BCUT2D eigenvalue weighted by Gasteiger charge is -2.28. The minimum Gasteiger partial charge on any atom is -0.338 e. The van der Waals surface area contributed by atoms with E-state index in [1.807, 2.05) is 4.90 Å². The van der Waals surface area contributed by atoms with Crippen LogP contribution < -0.4 is 0 Å². The molecule has 0 atom stereocenters. The van der Waals surface area contributed by atoms with E-state index in [1.165, 1.54) is 0 Å². The van der Waals surface area contributed by atoms with Crippen LogP contribution in [0.1, 0.15) is 40.5 Å². The van der Waals surface area contributed by atoms with Crippen LogP contribution >= 0.6 is 0 Å². The number of amides is 1.